The summed E-state index contributed by atoms with van der Waals surface area (Å²) in [7, 11) is 3.97. The minimum atomic E-state index is 0.406. The maximum atomic E-state index is 4.17. The normalized spacial score (nSPS) is 31.0. The lowest BCUT2D eigenvalue weighted by atomic mass is 9.84. The molecule has 15 heavy (non-hydrogen) atoms. The average Bonchev–Trinajstić information content (AvgIpc) is 2.74. The third kappa shape index (κ3) is 2.37. The van der Waals surface area contributed by atoms with Crippen LogP contribution < -0.4 is 5.32 Å². The van der Waals surface area contributed by atoms with Gasteiger partial charge >= 0.3 is 0 Å². The highest BCUT2D eigenvalue weighted by Crippen LogP contribution is 2.40. The molecule has 1 aromatic heterocycles. The van der Waals surface area contributed by atoms with Crippen LogP contribution >= 0.6 is 0 Å². The van der Waals surface area contributed by atoms with Crippen molar-refractivity contribution in [1.82, 2.24) is 20.3 Å². The van der Waals surface area contributed by atoms with Crippen LogP contribution in [0.1, 0.15) is 31.9 Å². The molecule has 1 fully saturated rings. The van der Waals surface area contributed by atoms with Crippen molar-refractivity contribution in [2.75, 3.05) is 7.05 Å². The lowest BCUT2D eigenvalue weighted by Gasteiger charge is -2.22. The predicted octanol–water partition coefficient (Wildman–Crippen LogP) is 1.14. The fraction of sp³-hybridized carbons (Fsp3) is 0.818. The van der Waals surface area contributed by atoms with Crippen LogP contribution in [0.15, 0.2) is 6.20 Å². The van der Waals surface area contributed by atoms with Crippen LogP contribution in [0.4, 0.5) is 0 Å². The van der Waals surface area contributed by atoms with Crippen molar-refractivity contribution in [1.29, 1.82) is 0 Å². The van der Waals surface area contributed by atoms with Gasteiger partial charge in [0.05, 0.1) is 5.69 Å². The molecule has 2 rings (SSSR count). The summed E-state index contributed by atoms with van der Waals surface area (Å²) in [5.74, 6) is 0. The molecule has 0 spiro atoms. The second kappa shape index (κ2) is 3.93. The summed E-state index contributed by atoms with van der Waals surface area (Å²) < 4.78 is 1.78. The molecule has 1 aromatic rings. The van der Waals surface area contributed by atoms with E-state index in [1.807, 2.05) is 13.2 Å². The van der Waals surface area contributed by atoms with Crippen molar-refractivity contribution in [3.05, 3.63) is 11.9 Å². The Morgan fingerprint density at radius 2 is 2.47 bits per heavy atom. The Bertz CT molecular complexity index is 333. The van der Waals surface area contributed by atoms with E-state index in [1.165, 1.54) is 19.3 Å². The SMILES string of the molecule is CNC1CCC(C)(Cc2cn(C)nn2)C1. The van der Waals surface area contributed by atoms with Crippen molar-refractivity contribution in [3.63, 3.8) is 0 Å². The predicted molar refractivity (Wildman–Crippen MR) is 59.5 cm³/mol. The van der Waals surface area contributed by atoms with Gasteiger partial charge in [-0.25, -0.2) is 0 Å². The standard InChI is InChI=1S/C11H20N4/c1-11(5-4-9(6-11)12-2)7-10-8-15(3)14-13-10/h8-9,12H,4-7H2,1-3H3. The second-order valence-electron chi connectivity index (χ2n) is 5.10. The highest BCUT2D eigenvalue weighted by Gasteiger charge is 2.34. The molecule has 0 aliphatic heterocycles. The molecule has 0 aromatic carbocycles. The van der Waals surface area contributed by atoms with Gasteiger partial charge in [0.15, 0.2) is 0 Å². The third-order valence-corrected chi connectivity index (χ3v) is 3.50. The summed E-state index contributed by atoms with van der Waals surface area (Å²) in [6, 6.07) is 0.687. The zero-order valence-electron chi connectivity index (χ0n) is 9.82. The molecule has 0 saturated heterocycles. The van der Waals surface area contributed by atoms with Gasteiger partial charge in [-0.1, -0.05) is 12.1 Å². The van der Waals surface area contributed by atoms with Gasteiger partial charge in [-0.2, -0.15) is 0 Å². The molecule has 84 valence electrons. The van der Waals surface area contributed by atoms with Crippen LogP contribution in [-0.2, 0) is 13.5 Å². The average molecular weight is 208 g/mol. The summed E-state index contributed by atoms with van der Waals surface area (Å²) in [5.41, 5.74) is 1.53. The second-order valence-corrected chi connectivity index (χ2v) is 5.10. The van der Waals surface area contributed by atoms with Crippen LogP contribution in [-0.4, -0.2) is 28.1 Å². The van der Waals surface area contributed by atoms with Crippen molar-refractivity contribution in [2.24, 2.45) is 12.5 Å². The number of aryl methyl sites for hydroxylation is 1. The first-order valence-electron chi connectivity index (χ1n) is 5.64. The molecule has 0 amide bonds. The Hall–Kier alpha value is -0.900. The molecule has 1 aliphatic carbocycles. The van der Waals surface area contributed by atoms with E-state index in [4.69, 9.17) is 0 Å². The first kappa shape index (κ1) is 10.6. The van der Waals surface area contributed by atoms with Crippen molar-refractivity contribution >= 4 is 0 Å². The van der Waals surface area contributed by atoms with E-state index in [2.05, 4.69) is 29.6 Å². The zero-order chi connectivity index (χ0) is 10.9. The first-order valence-corrected chi connectivity index (χ1v) is 5.64. The smallest absolute Gasteiger partial charge is 0.0832 e. The Morgan fingerprint density at radius 1 is 1.67 bits per heavy atom. The van der Waals surface area contributed by atoms with Crippen LogP contribution in [0.5, 0.6) is 0 Å². The van der Waals surface area contributed by atoms with Gasteiger partial charge < -0.3 is 5.32 Å². The minimum absolute atomic E-state index is 0.406. The van der Waals surface area contributed by atoms with Gasteiger partial charge in [0.1, 0.15) is 0 Å². The largest absolute Gasteiger partial charge is 0.317 e. The maximum Gasteiger partial charge on any atom is 0.0832 e. The molecule has 4 heteroatoms. The van der Waals surface area contributed by atoms with Gasteiger partial charge in [0.2, 0.25) is 0 Å². The van der Waals surface area contributed by atoms with Gasteiger partial charge in [-0.15, -0.1) is 5.10 Å². The van der Waals surface area contributed by atoms with E-state index >= 15 is 0 Å². The molecule has 1 heterocycles. The molecule has 1 N–H and O–H groups in total. The first-order chi connectivity index (χ1) is 7.11. The molecule has 0 bridgehead atoms. The summed E-state index contributed by atoms with van der Waals surface area (Å²) in [4.78, 5) is 0. The van der Waals surface area contributed by atoms with Crippen molar-refractivity contribution in [2.45, 2.75) is 38.6 Å². The van der Waals surface area contributed by atoms with Crippen LogP contribution in [0.25, 0.3) is 0 Å². The van der Waals surface area contributed by atoms with Crippen LogP contribution in [0.3, 0.4) is 0 Å². The third-order valence-electron chi connectivity index (χ3n) is 3.50. The van der Waals surface area contributed by atoms with E-state index in [9.17, 15) is 0 Å². The summed E-state index contributed by atoms with van der Waals surface area (Å²) >= 11 is 0. The Labute approximate surface area is 91.1 Å². The quantitative estimate of drug-likeness (QED) is 0.810. The van der Waals surface area contributed by atoms with E-state index in [0.29, 0.717) is 11.5 Å². The number of nitrogens with one attached hydrogen (secondary N) is 1. The molecule has 1 saturated carbocycles. The van der Waals surface area contributed by atoms with Crippen molar-refractivity contribution in [3.8, 4) is 0 Å². The molecule has 0 radical (unpaired) electrons. The topological polar surface area (TPSA) is 42.7 Å². The molecule has 2 atom stereocenters. The highest BCUT2D eigenvalue weighted by molar-refractivity contribution is 5.01. The number of nitrogens with zero attached hydrogens (tertiary/aromatic N) is 3. The minimum Gasteiger partial charge on any atom is -0.317 e. The fourth-order valence-corrected chi connectivity index (χ4v) is 2.64. The Kier molecular flexibility index (Phi) is 2.78. The summed E-state index contributed by atoms with van der Waals surface area (Å²) in [5, 5.41) is 11.5. The lowest BCUT2D eigenvalue weighted by Crippen LogP contribution is -2.24. The zero-order valence-corrected chi connectivity index (χ0v) is 9.82. The van der Waals surface area contributed by atoms with Gasteiger partial charge in [-0.3, -0.25) is 4.68 Å². The van der Waals surface area contributed by atoms with Gasteiger partial charge in [0.25, 0.3) is 0 Å². The molecular formula is C11H20N4. The number of hydrogen-bond acceptors (Lipinski definition) is 3. The lowest BCUT2D eigenvalue weighted by molar-refractivity contribution is 0.321. The molecule has 2 unspecified atom stereocenters. The number of rotatable bonds is 3. The van der Waals surface area contributed by atoms with E-state index in [-0.39, 0.29) is 0 Å². The van der Waals surface area contributed by atoms with Gasteiger partial charge in [0, 0.05) is 19.3 Å². The maximum absolute atomic E-state index is 4.17. The van der Waals surface area contributed by atoms with Crippen LogP contribution in [0, 0.1) is 5.41 Å². The summed E-state index contributed by atoms with van der Waals surface area (Å²) in [6.07, 6.45) is 6.90. The molecular weight excluding hydrogens is 188 g/mol. The fourth-order valence-electron chi connectivity index (χ4n) is 2.64. The monoisotopic (exact) mass is 208 g/mol. The van der Waals surface area contributed by atoms with E-state index < -0.39 is 0 Å². The van der Waals surface area contributed by atoms with Gasteiger partial charge in [-0.05, 0) is 38.1 Å². The number of hydrogen-bond donors (Lipinski definition) is 1. The highest BCUT2D eigenvalue weighted by atomic mass is 15.4. The van der Waals surface area contributed by atoms with E-state index in [1.54, 1.807) is 4.68 Å². The summed E-state index contributed by atoms with van der Waals surface area (Å²) in [6.45, 7) is 2.36. The Balaban J connectivity index is 2.00. The number of aromatic nitrogens is 3. The molecule has 4 nitrogen and oxygen atoms in total. The molecule has 1 aliphatic rings. The van der Waals surface area contributed by atoms with Crippen LogP contribution in [0.2, 0.25) is 0 Å². The Morgan fingerprint density at radius 3 is 3.00 bits per heavy atom. The van der Waals surface area contributed by atoms with Crippen molar-refractivity contribution < 1.29 is 0 Å². The van der Waals surface area contributed by atoms with E-state index in [0.717, 1.165) is 12.1 Å².